The number of anilines is 1. The highest BCUT2D eigenvalue weighted by Gasteiger charge is 2.28. The first kappa shape index (κ1) is 28.0. The number of carbonyl (C=O) groups excluding carboxylic acids is 1. The maximum absolute atomic E-state index is 12.5. The number of likely N-dealkylation sites (tertiary alicyclic amines) is 1. The summed E-state index contributed by atoms with van der Waals surface area (Å²) in [6.07, 6.45) is 7.10. The van der Waals surface area contributed by atoms with Crippen LogP contribution >= 0.6 is 11.6 Å². The number of piperidine rings is 1. The molecule has 0 aliphatic carbocycles. The molecule has 0 bridgehead atoms. The summed E-state index contributed by atoms with van der Waals surface area (Å²) in [5.41, 5.74) is 4.19. The highest BCUT2D eigenvalue weighted by atomic mass is 35.5. The van der Waals surface area contributed by atoms with E-state index < -0.39 is 5.60 Å². The van der Waals surface area contributed by atoms with Crippen LogP contribution in [-0.2, 0) is 4.74 Å². The van der Waals surface area contributed by atoms with Gasteiger partial charge in [-0.05, 0) is 85.1 Å². The number of carbonyl (C=O) groups is 1. The third kappa shape index (κ3) is 6.09. The number of hydrogen-bond donors (Lipinski definition) is 1. The van der Waals surface area contributed by atoms with Crippen molar-refractivity contribution in [3.05, 3.63) is 47.4 Å². The van der Waals surface area contributed by atoms with Crippen LogP contribution in [0.2, 0.25) is 5.02 Å². The lowest BCUT2D eigenvalue weighted by atomic mass is 10.0. The Morgan fingerprint density at radius 1 is 1.10 bits per heavy atom. The predicted octanol–water partition coefficient (Wildman–Crippen LogP) is 7.50. The zero-order valence-electron chi connectivity index (χ0n) is 24.2. The molecule has 10 heteroatoms. The fourth-order valence-corrected chi connectivity index (χ4v) is 4.93. The molecule has 1 N–H and O–H groups in total. The molecule has 4 aromatic rings. The van der Waals surface area contributed by atoms with Crippen molar-refractivity contribution in [3.63, 3.8) is 0 Å². The monoisotopic (exact) mass is 564 g/mol. The molecule has 1 amide bonds. The third-order valence-corrected chi connectivity index (χ3v) is 7.19. The molecule has 1 saturated heterocycles. The summed E-state index contributed by atoms with van der Waals surface area (Å²) in [7, 11) is 0. The van der Waals surface area contributed by atoms with Gasteiger partial charge >= 0.3 is 6.09 Å². The van der Waals surface area contributed by atoms with E-state index in [1.54, 1.807) is 4.90 Å². The van der Waals surface area contributed by atoms with Gasteiger partial charge in [-0.3, -0.25) is 4.68 Å². The highest BCUT2D eigenvalue weighted by molar-refractivity contribution is 6.32. The molecule has 0 unspecified atom stereocenters. The van der Waals surface area contributed by atoms with E-state index in [4.69, 9.17) is 30.7 Å². The van der Waals surface area contributed by atoms with Crippen LogP contribution in [0.25, 0.3) is 33.7 Å². The Balaban J connectivity index is 1.41. The molecule has 1 aromatic carbocycles. The summed E-state index contributed by atoms with van der Waals surface area (Å²) in [6, 6.07) is 5.90. The van der Waals surface area contributed by atoms with E-state index in [2.05, 4.69) is 31.2 Å². The maximum atomic E-state index is 12.5. The van der Waals surface area contributed by atoms with Gasteiger partial charge in [-0.25, -0.2) is 14.8 Å². The SMILES string of the molecule is Cc1c(Cl)ccc2oc(-c3cc(-c4cnn(C5CCN(C(=O)OC(C)(C)C)CC5)c4)cnc3NC(C)(C)C)nc12. The minimum absolute atomic E-state index is 0.200. The summed E-state index contributed by atoms with van der Waals surface area (Å²) < 4.78 is 13.7. The van der Waals surface area contributed by atoms with Crippen LogP contribution in [0.15, 0.2) is 41.2 Å². The van der Waals surface area contributed by atoms with E-state index in [1.807, 2.05) is 69.2 Å². The van der Waals surface area contributed by atoms with Gasteiger partial charge < -0.3 is 19.4 Å². The van der Waals surface area contributed by atoms with Crippen molar-refractivity contribution in [1.29, 1.82) is 0 Å². The number of nitrogens with zero attached hydrogens (tertiary/aromatic N) is 5. The Morgan fingerprint density at radius 3 is 2.50 bits per heavy atom. The quantitative estimate of drug-likeness (QED) is 0.274. The Hall–Kier alpha value is -3.59. The van der Waals surface area contributed by atoms with Crippen molar-refractivity contribution in [2.45, 2.75) is 78.5 Å². The molecule has 1 fully saturated rings. The van der Waals surface area contributed by atoms with Gasteiger partial charge in [-0.15, -0.1) is 0 Å². The number of halogens is 1. The first-order chi connectivity index (χ1) is 18.8. The molecule has 0 atom stereocenters. The van der Waals surface area contributed by atoms with Gasteiger partial charge in [-0.1, -0.05) is 11.6 Å². The Bertz CT molecular complexity index is 1540. The van der Waals surface area contributed by atoms with Gasteiger partial charge in [0.15, 0.2) is 5.58 Å². The molecule has 0 radical (unpaired) electrons. The van der Waals surface area contributed by atoms with Crippen molar-refractivity contribution in [2.24, 2.45) is 0 Å². The van der Waals surface area contributed by atoms with Gasteiger partial charge in [0.2, 0.25) is 5.89 Å². The van der Waals surface area contributed by atoms with Crippen LogP contribution in [-0.4, -0.2) is 55.0 Å². The van der Waals surface area contributed by atoms with Gasteiger partial charge in [0.1, 0.15) is 16.9 Å². The van der Waals surface area contributed by atoms with Gasteiger partial charge in [0, 0.05) is 47.2 Å². The van der Waals surface area contributed by atoms with Crippen molar-refractivity contribution in [2.75, 3.05) is 18.4 Å². The maximum Gasteiger partial charge on any atom is 0.410 e. The first-order valence-electron chi connectivity index (χ1n) is 13.6. The second-order valence-corrected chi connectivity index (χ2v) is 12.8. The lowest BCUT2D eigenvalue weighted by Gasteiger charge is -2.33. The van der Waals surface area contributed by atoms with Crippen LogP contribution < -0.4 is 5.32 Å². The van der Waals surface area contributed by atoms with Crippen molar-refractivity contribution < 1.29 is 13.9 Å². The lowest BCUT2D eigenvalue weighted by molar-refractivity contribution is 0.0185. The molecule has 0 spiro atoms. The molecule has 1 aliphatic rings. The van der Waals surface area contributed by atoms with Crippen LogP contribution in [0.3, 0.4) is 0 Å². The van der Waals surface area contributed by atoms with Gasteiger partial charge in [-0.2, -0.15) is 5.10 Å². The fourth-order valence-electron chi connectivity index (χ4n) is 4.78. The molecule has 3 aromatic heterocycles. The first-order valence-corrected chi connectivity index (χ1v) is 14.0. The summed E-state index contributed by atoms with van der Waals surface area (Å²) in [4.78, 5) is 23.8. The number of hydrogen-bond acceptors (Lipinski definition) is 7. The zero-order chi connectivity index (χ0) is 28.8. The summed E-state index contributed by atoms with van der Waals surface area (Å²) >= 11 is 6.34. The largest absolute Gasteiger partial charge is 0.444 e. The smallest absolute Gasteiger partial charge is 0.410 e. The normalized spacial score (nSPS) is 15.1. The van der Waals surface area contributed by atoms with Gasteiger partial charge in [0.25, 0.3) is 0 Å². The number of nitrogens with one attached hydrogen (secondary N) is 1. The molecule has 1 aliphatic heterocycles. The number of benzene rings is 1. The number of amides is 1. The van der Waals surface area contributed by atoms with Crippen LogP contribution in [0.5, 0.6) is 0 Å². The zero-order valence-corrected chi connectivity index (χ0v) is 25.0. The highest BCUT2D eigenvalue weighted by Crippen LogP contribution is 2.36. The number of oxazole rings is 1. The fraction of sp³-hybridized carbons (Fsp3) is 0.467. The molecule has 4 heterocycles. The molecule has 0 saturated carbocycles. The van der Waals surface area contributed by atoms with E-state index >= 15 is 0 Å². The van der Waals surface area contributed by atoms with E-state index in [9.17, 15) is 4.79 Å². The molecule has 40 heavy (non-hydrogen) atoms. The third-order valence-electron chi connectivity index (χ3n) is 6.78. The summed E-state index contributed by atoms with van der Waals surface area (Å²) in [5.74, 6) is 1.16. The van der Waals surface area contributed by atoms with Crippen molar-refractivity contribution in [1.82, 2.24) is 24.6 Å². The average molecular weight is 565 g/mol. The number of ether oxygens (including phenoxy) is 1. The average Bonchev–Trinajstić information content (AvgIpc) is 3.53. The Kier molecular flexibility index (Phi) is 7.29. The molecule has 212 valence electrons. The molecular formula is C30H37ClN6O3. The summed E-state index contributed by atoms with van der Waals surface area (Å²) in [6.45, 7) is 15.1. The predicted molar refractivity (Wildman–Crippen MR) is 158 cm³/mol. The van der Waals surface area contributed by atoms with E-state index in [1.165, 1.54) is 0 Å². The lowest BCUT2D eigenvalue weighted by Crippen LogP contribution is -2.42. The minimum Gasteiger partial charge on any atom is -0.444 e. The Labute approximate surface area is 239 Å². The molecular weight excluding hydrogens is 528 g/mol. The molecule has 9 nitrogen and oxygen atoms in total. The second kappa shape index (κ2) is 10.4. The second-order valence-electron chi connectivity index (χ2n) is 12.4. The summed E-state index contributed by atoms with van der Waals surface area (Å²) in [5, 5.41) is 8.80. The number of aryl methyl sites for hydroxylation is 1. The van der Waals surface area contributed by atoms with Crippen molar-refractivity contribution >= 4 is 34.6 Å². The van der Waals surface area contributed by atoms with Crippen LogP contribution in [0.1, 0.15) is 66.0 Å². The van der Waals surface area contributed by atoms with E-state index in [-0.39, 0.29) is 17.7 Å². The van der Waals surface area contributed by atoms with Gasteiger partial charge in [0.05, 0.1) is 17.8 Å². The number of pyridine rings is 1. The number of rotatable bonds is 4. The van der Waals surface area contributed by atoms with Crippen LogP contribution in [0.4, 0.5) is 10.6 Å². The standard InChI is InChI=1S/C30H37ClN6O3/c1-18-23(31)8-9-24-25(18)34-27(39-24)22-14-19(15-32-26(22)35-29(2,3)4)20-16-33-37(17-20)21-10-12-36(13-11-21)28(38)40-30(5,6)7/h8-9,14-17,21H,10-13H2,1-7H3,(H,32,35). The van der Waals surface area contributed by atoms with Crippen LogP contribution in [0, 0.1) is 6.92 Å². The molecule has 5 rings (SSSR count). The minimum atomic E-state index is -0.501. The number of aromatic nitrogens is 4. The van der Waals surface area contributed by atoms with E-state index in [0.29, 0.717) is 35.4 Å². The topological polar surface area (TPSA) is 98.3 Å². The Morgan fingerprint density at radius 2 is 1.82 bits per heavy atom. The van der Waals surface area contributed by atoms with Crippen molar-refractivity contribution in [3.8, 4) is 22.6 Å². The number of fused-ring (bicyclic) bond motifs is 1. The van der Waals surface area contributed by atoms with E-state index in [0.717, 1.165) is 40.6 Å².